The number of hydrogen-bond donors (Lipinski definition) is 0. The van der Waals surface area contributed by atoms with Gasteiger partial charge in [-0.3, -0.25) is 19.4 Å². The molecule has 1 aliphatic heterocycles. The van der Waals surface area contributed by atoms with Crippen molar-refractivity contribution in [1.29, 1.82) is 0 Å². The molecule has 1 saturated carbocycles. The molecule has 128 valence electrons. The number of amides is 4. The van der Waals surface area contributed by atoms with Crippen molar-refractivity contribution in [3.63, 3.8) is 0 Å². The van der Waals surface area contributed by atoms with E-state index in [9.17, 15) is 14.4 Å². The number of rotatable bonds is 3. The van der Waals surface area contributed by atoms with Crippen LogP contribution in [0.1, 0.15) is 57.6 Å². The van der Waals surface area contributed by atoms with E-state index in [1.54, 1.807) is 0 Å². The highest BCUT2D eigenvalue weighted by Gasteiger charge is 2.47. The van der Waals surface area contributed by atoms with Crippen LogP contribution < -0.4 is 0 Å². The summed E-state index contributed by atoms with van der Waals surface area (Å²) in [6, 6.07) is 7.29. The second-order valence-corrected chi connectivity index (χ2v) is 7.73. The van der Waals surface area contributed by atoms with Crippen LogP contribution >= 0.6 is 0 Å². The lowest BCUT2D eigenvalue weighted by Crippen LogP contribution is -2.39. The smallest absolute Gasteiger partial charge is 0.263 e. The van der Waals surface area contributed by atoms with Gasteiger partial charge in [0.15, 0.2) is 0 Å². The Balaban J connectivity index is 1.76. The van der Waals surface area contributed by atoms with E-state index < -0.39 is 17.8 Å². The van der Waals surface area contributed by atoms with Gasteiger partial charge < -0.3 is 0 Å². The van der Waals surface area contributed by atoms with Crippen molar-refractivity contribution in [3.05, 3.63) is 35.4 Å². The van der Waals surface area contributed by atoms with E-state index in [0.717, 1.165) is 36.1 Å². The molecule has 1 saturated heterocycles. The van der Waals surface area contributed by atoms with Gasteiger partial charge in [-0.2, -0.15) is 0 Å². The van der Waals surface area contributed by atoms with E-state index in [-0.39, 0.29) is 18.0 Å². The second-order valence-electron chi connectivity index (χ2n) is 7.73. The van der Waals surface area contributed by atoms with Gasteiger partial charge in [0.1, 0.15) is 0 Å². The number of hydrogen-bond acceptors (Lipinski definition) is 3. The number of urea groups is 1. The van der Waals surface area contributed by atoms with Crippen LogP contribution in [0.5, 0.6) is 0 Å². The summed E-state index contributed by atoms with van der Waals surface area (Å²) in [5.41, 5.74) is 2.09. The first kappa shape index (κ1) is 16.7. The van der Waals surface area contributed by atoms with E-state index in [1.165, 1.54) is 10.5 Å². The van der Waals surface area contributed by atoms with Crippen molar-refractivity contribution >= 4 is 17.8 Å². The first-order valence-electron chi connectivity index (χ1n) is 8.57. The summed E-state index contributed by atoms with van der Waals surface area (Å²) in [5, 5.41) is 0. The summed E-state index contributed by atoms with van der Waals surface area (Å²) in [6.45, 7) is 6.55. The molecule has 1 aromatic carbocycles. The molecule has 2 fully saturated rings. The molecule has 3 rings (SSSR count). The number of nitrogens with zero attached hydrogens (tertiary/aromatic N) is 2. The summed E-state index contributed by atoms with van der Waals surface area (Å²) in [7, 11) is 0. The Morgan fingerprint density at radius 1 is 0.958 bits per heavy atom. The van der Waals surface area contributed by atoms with Crippen LogP contribution in [-0.2, 0) is 21.5 Å². The van der Waals surface area contributed by atoms with Gasteiger partial charge in [-0.1, -0.05) is 57.9 Å². The van der Waals surface area contributed by atoms with E-state index in [2.05, 4.69) is 20.8 Å². The van der Waals surface area contributed by atoms with Gasteiger partial charge in [-0.15, -0.1) is 0 Å². The molecular weight excluding hydrogens is 304 g/mol. The monoisotopic (exact) mass is 328 g/mol. The highest BCUT2D eigenvalue weighted by atomic mass is 16.2. The topological polar surface area (TPSA) is 57.7 Å². The third-order valence-corrected chi connectivity index (χ3v) is 4.93. The number of benzene rings is 1. The predicted octanol–water partition coefficient (Wildman–Crippen LogP) is 3.22. The molecule has 1 heterocycles. The van der Waals surface area contributed by atoms with Crippen LogP contribution in [0.2, 0.25) is 0 Å². The number of carbonyl (C=O) groups excluding carboxylic acids is 3. The molecule has 0 radical (unpaired) electrons. The molecular formula is C19H24N2O3. The Morgan fingerprint density at radius 2 is 1.54 bits per heavy atom. The fourth-order valence-corrected chi connectivity index (χ4v) is 3.44. The van der Waals surface area contributed by atoms with Crippen molar-refractivity contribution in [1.82, 2.24) is 9.80 Å². The minimum absolute atomic E-state index is 0.0487. The van der Waals surface area contributed by atoms with Gasteiger partial charge in [0.25, 0.3) is 0 Å². The maximum atomic E-state index is 12.6. The normalized spacial score (nSPS) is 19.7. The summed E-state index contributed by atoms with van der Waals surface area (Å²) in [5.74, 6) is -1.37. The summed E-state index contributed by atoms with van der Waals surface area (Å²) in [6.07, 6.45) is 3.62. The molecule has 0 unspecified atom stereocenters. The zero-order valence-corrected chi connectivity index (χ0v) is 14.5. The molecule has 5 nitrogen and oxygen atoms in total. The average molecular weight is 328 g/mol. The summed E-state index contributed by atoms with van der Waals surface area (Å²) >= 11 is 0. The lowest BCUT2D eigenvalue weighted by atomic mass is 9.87. The van der Waals surface area contributed by atoms with Crippen LogP contribution in [0.3, 0.4) is 0 Å². The Hall–Kier alpha value is -2.17. The molecule has 4 amide bonds. The fraction of sp³-hybridized carbons (Fsp3) is 0.526. The predicted molar refractivity (Wildman–Crippen MR) is 90.2 cm³/mol. The molecule has 0 atom stereocenters. The zero-order valence-electron chi connectivity index (χ0n) is 14.5. The molecule has 0 aromatic heterocycles. The van der Waals surface area contributed by atoms with E-state index in [0.29, 0.717) is 0 Å². The summed E-state index contributed by atoms with van der Waals surface area (Å²) in [4.78, 5) is 39.2. The Kier molecular flexibility index (Phi) is 4.20. The Labute approximate surface area is 142 Å². The third-order valence-electron chi connectivity index (χ3n) is 4.93. The van der Waals surface area contributed by atoms with Crippen molar-refractivity contribution in [2.75, 3.05) is 0 Å². The standard InChI is InChI=1S/C19H24N2O3/c1-19(2,3)14-10-8-13(9-11-14)12-20-16(22)17(23)21(18(20)24)15-6-4-5-7-15/h8-11,15H,4-7,12H2,1-3H3. The lowest BCUT2D eigenvalue weighted by molar-refractivity contribution is -0.144. The minimum Gasteiger partial charge on any atom is -0.263 e. The SMILES string of the molecule is CC(C)(C)c1ccc(CN2C(=O)C(=O)N(C3CCCC3)C2=O)cc1. The first-order chi connectivity index (χ1) is 11.3. The molecule has 1 aromatic rings. The van der Waals surface area contributed by atoms with E-state index in [4.69, 9.17) is 0 Å². The van der Waals surface area contributed by atoms with Crippen LogP contribution in [0.15, 0.2) is 24.3 Å². The van der Waals surface area contributed by atoms with Crippen molar-refractivity contribution in [3.8, 4) is 0 Å². The van der Waals surface area contributed by atoms with Gasteiger partial charge in [0.05, 0.1) is 6.54 Å². The van der Waals surface area contributed by atoms with Crippen LogP contribution in [0.25, 0.3) is 0 Å². The molecule has 0 bridgehead atoms. The maximum absolute atomic E-state index is 12.6. The van der Waals surface area contributed by atoms with Gasteiger partial charge in [0.2, 0.25) is 0 Å². The minimum atomic E-state index is -0.702. The fourth-order valence-electron chi connectivity index (χ4n) is 3.44. The number of imide groups is 2. The second kappa shape index (κ2) is 6.04. The highest BCUT2D eigenvalue weighted by Crippen LogP contribution is 2.29. The third kappa shape index (κ3) is 2.95. The molecule has 24 heavy (non-hydrogen) atoms. The Bertz CT molecular complexity index is 667. The van der Waals surface area contributed by atoms with Crippen molar-refractivity contribution in [2.24, 2.45) is 0 Å². The lowest BCUT2D eigenvalue weighted by Gasteiger charge is -2.22. The summed E-state index contributed by atoms with van der Waals surface area (Å²) < 4.78 is 0. The maximum Gasteiger partial charge on any atom is 0.334 e. The van der Waals surface area contributed by atoms with Gasteiger partial charge in [-0.05, 0) is 29.4 Å². The quantitative estimate of drug-likeness (QED) is 0.632. The average Bonchev–Trinajstić information content (AvgIpc) is 3.11. The van der Waals surface area contributed by atoms with Gasteiger partial charge in [0, 0.05) is 6.04 Å². The van der Waals surface area contributed by atoms with Crippen LogP contribution in [-0.4, -0.2) is 33.7 Å². The number of carbonyl (C=O) groups is 3. The molecule has 2 aliphatic rings. The van der Waals surface area contributed by atoms with E-state index >= 15 is 0 Å². The molecule has 1 aliphatic carbocycles. The largest absolute Gasteiger partial charge is 0.334 e. The highest BCUT2D eigenvalue weighted by molar-refractivity contribution is 6.44. The first-order valence-corrected chi connectivity index (χ1v) is 8.57. The van der Waals surface area contributed by atoms with Gasteiger partial charge in [-0.25, -0.2) is 4.79 Å². The van der Waals surface area contributed by atoms with Crippen molar-refractivity contribution in [2.45, 2.75) is 64.5 Å². The zero-order chi connectivity index (χ0) is 17.5. The van der Waals surface area contributed by atoms with Crippen molar-refractivity contribution < 1.29 is 14.4 Å². The van der Waals surface area contributed by atoms with E-state index in [1.807, 2.05) is 24.3 Å². The van der Waals surface area contributed by atoms with Gasteiger partial charge >= 0.3 is 17.8 Å². The van der Waals surface area contributed by atoms with Crippen LogP contribution in [0.4, 0.5) is 4.79 Å². The van der Waals surface area contributed by atoms with Crippen LogP contribution in [0, 0.1) is 0 Å². The molecule has 0 N–H and O–H groups in total. The Morgan fingerprint density at radius 3 is 2.08 bits per heavy atom. The molecule has 0 spiro atoms. The molecule has 5 heteroatoms.